The summed E-state index contributed by atoms with van der Waals surface area (Å²) in [5.74, 6) is 0.659. The smallest absolute Gasteiger partial charge is 0.238 e. The molecule has 4 heteroatoms. The second-order valence-electron chi connectivity index (χ2n) is 5.18. The molecule has 1 unspecified atom stereocenters. The highest BCUT2D eigenvalue weighted by molar-refractivity contribution is 5.80. The summed E-state index contributed by atoms with van der Waals surface area (Å²) >= 11 is 0. The van der Waals surface area contributed by atoms with Crippen molar-refractivity contribution in [2.24, 2.45) is 0 Å². The number of hydrogen-bond acceptors (Lipinski definition) is 3. The molecule has 0 radical (unpaired) electrons. The average Bonchev–Trinajstić information content (AvgIpc) is 2.78. The van der Waals surface area contributed by atoms with Gasteiger partial charge in [0, 0.05) is 13.7 Å². The van der Waals surface area contributed by atoms with Crippen molar-refractivity contribution in [3.8, 4) is 0 Å². The zero-order valence-electron chi connectivity index (χ0n) is 11.8. The maximum atomic E-state index is 11.8. The molecule has 1 atom stereocenters. The molecule has 1 fully saturated rings. The van der Waals surface area contributed by atoms with Gasteiger partial charge >= 0.3 is 0 Å². The van der Waals surface area contributed by atoms with Crippen molar-refractivity contribution < 1.29 is 9.53 Å². The number of methoxy groups -OCH3 is 1. The van der Waals surface area contributed by atoms with Gasteiger partial charge in [-0.1, -0.05) is 38.1 Å². The Bertz CT molecular complexity index is 428. The number of hydrogen-bond donors (Lipinski definition) is 1. The standard InChI is InChI=1S/C15H22N2O2/c1-11(2)12-4-6-13(7-5-12)15-16-10-14(18)17(15)8-9-19-3/h4-7,11,15-16H,8-10H2,1-3H3. The van der Waals surface area contributed by atoms with Crippen LogP contribution in [0.2, 0.25) is 0 Å². The van der Waals surface area contributed by atoms with Crippen LogP contribution in [0.25, 0.3) is 0 Å². The first kappa shape index (κ1) is 14.0. The molecule has 1 saturated heterocycles. The predicted molar refractivity (Wildman–Crippen MR) is 74.9 cm³/mol. The molecule has 0 spiro atoms. The molecule has 1 amide bonds. The largest absolute Gasteiger partial charge is 0.383 e. The lowest BCUT2D eigenvalue weighted by atomic mass is 10.0. The van der Waals surface area contributed by atoms with Gasteiger partial charge in [0.25, 0.3) is 0 Å². The Labute approximate surface area is 114 Å². The van der Waals surface area contributed by atoms with Gasteiger partial charge in [0.1, 0.15) is 6.17 Å². The quantitative estimate of drug-likeness (QED) is 0.881. The first-order valence-electron chi connectivity index (χ1n) is 6.75. The van der Waals surface area contributed by atoms with Crippen molar-refractivity contribution in [3.63, 3.8) is 0 Å². The third kappa shape index (κ3) is 3.14. The molecule has 1 aliphatic heterocycles. The summed E-state index contributed by atoms with van der Waals surface area (Å²) in [6.45, 7) is 5.95. The second kappa shape index (κ2) is 6.17. The van der Waals surface area contributed by atoms with Gasteiger partial charge in [0.15, 0.2) is 0 Å². The number of benzene rings is 1. The average molecular weight is 262 g/mol. The fourth-order valence-electron chi connectivity index (χ4n) is 2.34. The van der Waals surface area contributed by atoms with Crippen LogP contribution in [0.3, 0.4) is 0 Å². The normalized spacial score (nSPS) is 19.5. The second-order valence-corrected chi connectivity index (χ2v) is 5.18. The van der Waals surface area contributed by atoms with Crippen molar-refractivity contribution in [3.05, 3.63) is 35.4 Å². The molecule has 1 N–H and O–H groups in total. The molecule has 104 valence electrons. The van der Waals surface area contributed by atoms with Crippen LogP contribution in [0.1, 0.15) is 37.1 Å². The van der Waals surface area contributed by atoms with Gasteiger partial charge in [-0.25, -0.2) is 0 Å². The zero-order valence-corrected chi connectivity index (χ0v) is 11.8. The molecule has 0 aliphatic carbocycles. The zero-order chi connectivity index (χ0) is 13.8. The molecule has 0 aromatic heterocycles. The minimum Gasteiger partial charge on any atom is -0.383 e. The van der Waals surface area contributed by atoms with Gasteiger partial charge in [0.2, 0.25) is 5.91 Å². The monoisotopic (exact) mass is 262 g/mol. The van der Waals surface area contributed by atoms with Crippen molar-refractivity contribution in [1.29, 1.82) is 0 Å². The van der Waals surface area contributed by atoms with Crippen LogP contribution in [0, 0.1) is 0 Å². The van der Waals surface area contributed by atoms with E-state index in [-0.39, 0.29) is 12.1 Å². The predicted octanol–water partition coefficient (Wildman–Crippen LogP) is 1.89. The van der Waals surface area contributed by atoms with Crippen LogP contribution in [-0.4, -0.2) is 37.6 Å². The summed E-state index contributed by atoms with van der Waals surface area (Å²) in [5.41, 5.74) is 2.45. The van der Waals surface area contributed by atoms with Crippen LogP contribution in [0.15, 0.2) is 24.3 Å². The third-order valence-corrected chi connectivity index (χ3v) is 3.53. The van der Waals surface area contributed by atoms with Crippen molar-refractivity contribution in [2.75, 3.05) is 26.8 Å². The molecule has 2 rings (SSSR count). The molecular weight excluding hydrogens is 240 g/mol. The highest BCUT2D eigenvalue weighted by Crippen LogP contribution is 2.24. The van der Waals surface area contributed by atoms with Crippen molar-refractivity contribution in [1.82, 2.24) is 10.2 Å². The summed E-state index contributed by atoms with van der Waals surface area (Å²) in [4.78, 5) is 13.7. The number of ether oxygens (including phenoxy) is 1. The first-order valence-corrected chi connectivity index (χ1v) is 6.75. The lowest BCUT2D eigenvalue weighted by molar-refractivity contribution is -0.128. The number of carbonyl (C=O) groups is 1. The lowest BCUT2D eigenvalue weighted by Crippen LogP contribution is -2.33. The van der Waals surface area contributed by atoms with Gasteiger partial charge < -0.3 is 9.64 Å². The Balaban J connectivity index is 2.13. The van der Waals surface area contributed by atoms with E-state index in [1.165, 1.54) is 5.56 Å². The lowest BCUT2D eigenvalue weighted by Gasteiger charge is -2.24. The van der Waals surface area contributed by atoms with Crippen LogP contribution >= 0.6 is 0 Å². The summed E-state index contributed by atoms with van der Waals surface area (Å²) in [5, 5.41) is 3.25. The van der Waals surface area contributed by atoms with E-state index in [0.717, 1.165) is 5.56 Å². The number of rotatable bonds is 5. The fourth-order valence-corrected chi connectivity index (χ4v) is 2.34. The van der Waals surface area contributed by atoms with E-state index in [1.807, 2.05) is 4.90 Å². The van der Waals surface area contributed by atoms with Crippen molar-refractivity contribution >= 4 is 5.91 Å². The maximum Gasteiger partial charge on any atom is 0.238 e. The molecule has 19 heavy (non-hydrogen) atoms. The van der Waals surface area contributed by atoms with E-state index in [2.05, 4.69) is 43.4 Å². The summed E-state index contributed by atoms with van der Waals surface area (Å²) in [6.07, 6.45) is -0.0242. The van der Waals surface area contributed by atoms with Crippen molar-refractivity contribution in [2.45, 2.75) is 25.9 Å². The number of amides is 1. The van der Waals surface area contributed by atoms with Crippen LogP contribution in [0.5, 0.6) is 0 Å². The Morgan fingerprint density at radius 3 is 2.63 bits per heavy atom. The summed E-state index contributed by atoms with van der Waals surface area (Å²) < 4.78 is 5.07. The molecular formula is C15H22N2O2. The molecule has 1 heterocycles. The van der Waals surface area contributed by atoms with E-state index in [9.17, 15) is 4.79 Å². The highest BCUT2D eigenvalue weighted by Gasteiger charge is 2.30. The Kier molecular flexibility index (Phi) is 4.56. The summed E-state index contributed by atoms with van der Waals surface area (Å²) in [6, 6.07) is 8.48. The van der Waals surface area contributed by atoms with Gasteiger partial charge in [-0.2, -0.15) is 0 Å². The highest BCUT2D eigenvalue weighted by atomic mass is 16.5. The number of carbonyl (C=O) groups excluding carboxylic acids is 1. The van der Waals surface area contributed by atoms with Crippen LogP contribution in [0.4, 0.5) is 0 Å². The molecule has 4 nitrogen and oxygen atoms in total. The van der Waals surface area contributed by atoms with Gasteiger partial charge in [-0.15, -0.1) is 0 Å². The topological polar surface area (TPSA) is 41.6 Å². The first-order chi connectivity index (χ1) is 9.13. The minimum absolute atomic E-state index is 0.0242. The van der Waals surface area contributed by atoms with E-state index in [0.29, 0.717) is 25.6 Å². The SMILES string of the molecule is COCCN1C(=O)CNC1c1ccc(C(C)C)cc1. The molecule has 0 saturated carbocycles. The maximum absolute atomic E-state index is 11.8. The minimum atomic E-state index is -0.0242. The van der Waals surface area contributed by atoms with E-state index in [4.69, 9.17) is 4.74 Å². The Hall–Kier alpha value is -1.39. The summed E-state index contributed by atoms with van der Waals surface area (Å²) in [7, 11) is 1.65. The molecule has 1 aliphatic rings. The van der Waals surface area contributed by atoms with E-state index < -0.39 is 0 Å². The number of nitrogens with zero attached hydrogens (tertiary/aromatic N) is 1. The van der Waals surface area contributed by atoms with E-state index >= 15 is 0 Å². The third-order valence-electron chi connectivity index (χ3n) is 3.53. The van der Waals surface area contributed by atoms with Gasteiger partial charge in [0.05, 0.1) is 13.2 Å². The van der Waals surface area contributed by atoms with Gasteiger partial charge in [-0.05, 0) is 17.0 Å². The van der Waals surface area contributed by atoms with E-state index in [1.54, 1.807) is 7.11 Å². The molecule has 1 aromatic carbocycles. The Morgan fingerprint density at radius 1 is 1.37 bits per heavy atom. The fraction of sp³-hybridized carbons (Fsp3) is 0.533. The Morgan fingerprint density at radius 2 is 2.05 bits per heavy atom. The molecule has 1 aromatic rings. The number of nitrogens with one attached hydrogen (secondary N) is 1. The molecule has 0 bridgehead atoms. The van der Waals surface area contributed by atoms with Crippen LogP contribution < -0.4 is 5.32 Å². The van der Waals surface area contributed by atoms with Crippen LogP contribution in [-0.2, 0) is 9.53 Å². The van der Waals surface area contributed by atoms with Gasteiger partial charge in [-0.3, -0.25) is 10.1 Å².